The Kier molecular flexibility index (Phi) is 3.61. The third kappa shape index (κ3) is 2.23. The van der Waals surface area contributed by atoms with Crippen molar-refractivity contribution in [1.82, 2.24) is 5.32 Å². The number of nitrogens with one attached hydrogen (secondary N) is 1. The van der Waals surface area contributed by atoms with Gasteiger partial charge in [-0.25, -0.2) is 0 Å². The fourth-order valence-electron chi connectivity index (χ4n) is 2.00. The van der Waals surface area contributed by atoms with Crippen LogP contribution in [-0.2, 0) is 10.3 Å². The molecule has 1 fully saturated rings. The molecule has 1 aliphatic heterocycles. The van der Waals surface area contributed by atoms with Crippen molar-refractivity contribution in [2.75, 3.05) is 19.8 Å². The Morgan fingerprint density at radius 2 is 2.00 bits per heavy atom. The number of benzene rings is 1. The van der Waals surface area contributed by atoms with Gasteiger partial charge >= 0.3 is 6.18 Å². The Bertz CT molecular complexity index is 386. The summed E-state index contributed by atoms with van der Waals surface area (Å²) in [6.07, 6.45) is -4.51. The van der Waals surface area contributed by atoms with Crippen molar-refractivity contribution >= 4 is 0 Å². The summed E-state index contributed by atoms with van der Waals surface area (Å²) in [6.45, 7) is -0.820. The lowest BCUT2D eigenvalue weighted by molar-refractivity contribution is -0.295. The molecule has 0 aromatic heterocycles. The number of morpholine rings is 1. The van der Waals surface area contributed by atoms with Crippen LogP contribution < -0.4 is 5.32 Å². The van der Waals surface area contributed by atoms with Gasteiger partial charge in [-0.05, 0) is 5.56 Å². The van der Waals surface area contributed by atoms with E-state index >= 15 is 0 Å². The molecule has 0 amide bonds. The number of rotatable bonds is 2. The normalized spacial score (nSPS) is 29.2. The van der Waals surface area contributed by atoms with E-state index in [1.54, 1.807) is 18.2 Å². The minimum absolute atomic E-state index is 0.0707. The predicted octanol–water partition coefficient (Wildman–Crippen LogP) is 1.42. The second-order valence-electron chi connectivity index (χ2n) is 4.26. The van der Waals surface area contributed by atoms with E-state index < -0.39 is 24.4 Å². The average molecular weight is 261 g/mol. The summed E-state index contributed by atoms with van der Waals surface area (Å²) in [7, 11) is 0. The Morgan fingerprint density at radius 3 is 2.44 bits per heavy atom. The number of halogens is 3. The van der Waals surface area contributed by atoms with E-state index in [9.17, 15) is 13.2 Å². The predicted molar refractivity (Wildman–Crippen MR) is 59.0 cm³/mol. The monoisotopic (exact) mass is 261 g/mol. The van der Waals surface area contributed by atoms with Gasteiger partial charge in [0.25, 0.3) is 0 Å². The minimum Gasteiger partial charge on any atom is -0.395 e. The quantitative estimate of drug-likeness (QED) is 0.846. The van der Waals surface area contributed by atoms with Crippen LogP contribution in [-0.4, -0.2) is 37.1 Å². The fraction of sp³-hybridized carbons (Fsp3) is 0.500. The molecule has 1 aliphatic rings. The number of hydrogen-bond acceptors (Lipinski definition) is 3. The van der Waals surface area contributed by atoms with Crippen LogP contribution in [0.15, 0.2) is 30.3 Å². The third-order valence-corrected chi connectivity index (χ3v) is 3.09. The molecule has 2 rings (SSSR count). The van der Waals surface area contributed by atoms with Gasteiger partial charge in [0.2, 0.25) is 5.60 Å². The zero-order valence-electron chi connectivity index (χ0n) is 9.57. The molecule has 2 N–H and O–H groups in total. The Morgan fingerprint density at radius 1 is 1.33 bits per heavy atom. The van der Waals surface area contributed by atoms with Crippen molar-refractivity contribution in [1.29, 1.82) is 0 Å². The lowest BCUT2D eigenvalue weighted by Crippen LogP contribution is -2.60. The number of hydrogen-bond donors (Lipinski definition) is 2. The molecule has 0 aliphatic carbocycles. The average Bonchev–Trinajstić information content (AvgIpc) is 2.38. The minimum atomic E-state index is -4.51. The molecule has 1 saturated heterocycles. The SMILES string of the molecule is OC[C@@H]1CO[C@@](c2ccccc2)(C(F)(F)F)CN1. The summed E-state index contributed by atoms with van der Waals surface area (Å²) in [5.74, 6) is 0. The molecule has 1 aromatic rings. The van der Waals surface area contributed by atoms with Crippen molar-refractivity contribution in [3.05, 3.63) is 35.9 Å². The molecule has 0 bridgehead atoms. The van der Waals surface area contributed by atoms with Crippen LogP contribution >= 0.6 is 0 Å². The topological polar surface area (TPSA) is 41.5 Å². The second kappa shape index (κ2) is 4.87. The highest BCUT2D eigenvalue weighted by Crippen LogP contribution is 2.43. The van der Waals surface area contributed by atoms with Gasteiger partial charge in [0.1, 0.15) is 0 Å². The van der Waals surface area contributed by atoms with Gasteiger partial charge in [0.15, 0.2) is 0 Å². The number of aliphatic hydroxyl groups is 1. The van der Waals surface area contributed by atoms with Crippen LogP contribution in [0.3, 0.4) is 0 Å². The van der Waals surface area contributed by atoms with Crippen molar-refractivity contribution in [2.24, 2.45) is 0 Å². The van der Waals surface area contributed by atoms with Crippen molar-refractivity contribution in [2.45, 2.75) is 17.8 Å². The molecule has 0 saturated carbocycles. The molecule has 1 aromatic carbocycles. The van der Waals surface area contributed by atoms with E-state index in [0.717, 1.165) is 0 Å². The molecular weight excluding hydrogens is 247 g/mol. The van der Waals surface area contributed by atoms with E-state index in [4.69, 9.17) is 9.84 Å². The lowest BCUT2D eigenvalue weighted by atomic mass is 9.91. The largest absolute Gasteiger partial charge is 0.422 e. The van der Waals surface area contributed by atoms with Crippen LogP contribution in [0.25, 0.3) is 0 Å². The second-order valence-corrected chi connectivity index (χ2v) is 4.26. The van der Waals surface area contributed by atoms with E-state index in [0.29, 0.717) is 0 Å². The maximum absolute atomic E-state index is 13.3. The van der Waals surface area contributed by atoms with Gasteiger partial charge in [-0.3, -0.25) is 0 Å². The fourth-order valence-corrected chi connectivity index (χ4v) is 2.00. The summed E-state index contributed by atoms with van der Waals surface area (Å²) in [5.41, 5.74) is -2.26. The molecule has 6 heteroatoms. The molecule has 3 nitrogen and oxygen atoms in total. The van der Waals surface area contributed by atoms with Gasteiger partial charge in [0.05, 0.1) is 19.3 Å². The van der Waals surface area contributed by atoms with Crippen LogP contribution in [0.4, 0.5) is 13.2 Å². The summed E-state index contributed by atoms with van der Waals surface area (Å²) < 4.78 is 44.9. The first-order chi connectivity index (χ1) is 8.49. The first-order valence-electron chi connectivity index (χ1n) is 5.60. The van der Waals surface area contributed by atoms with Crippen molar-refractivity contribution in [3.63, 3.8) is 0 Å². The zero-order valence-corrected chi connectivity index (χ0v) is 9.57. The highest BCUT2D eigenvalue weighted by molar-refractivity contribution is 5.26. The smallest absolute Gasteiger partial charge is 0.395 e. The van der Waals surface area contributed by atoms with Gasteiger partial charge < -0.3 is 15.2 Å². The number of ether oxygens (including phenoxy) is 1. The molecule has 0 spiro atoms. The van der Waals surface area contributed by atoms with Crippen LogP contribution in [0.5, 0.6) is 0 Å². The number of alkyl halides is 3. The van der Waals surface area contributed by atoms with E-state index in [1.165, 1.54) is 12.1 Å². The van der Waals surface area contributed by atoms with Crippen molar-refractivity contribution in [3.8, 4) is 0 Å². The third-order valence-electron chi connectivity index (χ3n) is 3.09. The molecule has 18 heavy (non-hydrogen) atoms. The van der Waals surface area contributed by atoms with Crippen LogP contribution in [0.1, 0.15) is 5.56 Å². The highest BCUT2D eigenvalue weighted by Gasteiger charge is 2.58. The first kappa shape index (κ1) is 13.3. The summed E-state index contributed by atoms with van der Waals surface area (Å²) in [4.78, 5) is 0. The van der Waals surface area contributed by atoms with Gasteiger partial charge in [-0.1, -0.05) is 30.3 Å². The van der Waals surface area contributed by atoms with Crippen LogP contribution in [0, 0.1) is 0 Å². The molecule has 1 heterocycles. The van der Waals surface area contributed by atoms with Crippen LogP contribution in [0.2, 0.25) is 0 Å². The van der Waals surface area contributed by atoms with Gasteiger partial charge in [0, 0.05) is 6.54 Å². The van der Waals surface area contributed by atoms with Gasteiger partial charge in [-0.2, -0.15) is 13.2 Å². The molecule has 100 valence electrons. The Hall–Kier alpha value is -1.11. The Balaban J connectivity index is 2.33. The highest BCUT2D eigenvalue weighted by atomic mass is 19.4. The molecule has 0 radical (unpaired) electrons. The molecule has 0 unspecified atom stereocenters. The summed E-state index contributed by atoms with van der Waals surface area (Å²) in [6, 6.07) is 7.09. The first-order valence-corrected chi connectivity index (χ1v) is 5.60. The summed E-state index contributed by atoms with van der Waals surface area (Å²) in [5, 5.41) is 11.6. The molecule has 2 atom stereocenters. The molecular formula is C12H14F3NO2. The lowest BCUT2D eigenvalue weighted by Gasteiger charge is -2.41. The maximum Gasteiger partial charge on any atom is 0.422 e. The summed E-state index contributed by atoms with van der Waals surface area (Å²) >= 11 is 0. The van der Waals surface area contributed by atoms with E-state index in [-0.39, 0.29) is 18.8 Å². The standard InChI is InChI=1S/C12H14F3NO2/c13-12(14,15)11(9-4-2-1-3-5-9)8-16-10(6-17)7-18-11/h1-5,10,16-17H,6-8H2/t10-,11+/m1/s1. The Labute approximate surface area is 103 Å². The zero-order chi connectivity index (χ0) is 13.2. The van der Waals surface area contributed by atoms with Gasteiger partial charge in [-0.15, -0.1) is 0 Å². The van der Waals surface area contributed by atoms with E-state index in [1.807, 2.05) is 0 Å². The van der Waals surface area contributed by atoms with Crippen molar-refractivity contribution < 1.29 is 23.0 Å². The maximum atomic E-state index is 13.3. The van der Waals surface area contributed by atoms with E-state index in [2.05, 4.69) is 5.32 Å². The number of aliphatic hydroxyl groups excluding tert-OH is 1.